The standard InChI is InChI=1S/C21H28O3/c1-16-8-6-7-9-17(16)12-13-18-14-15-20(22)19(18)10-4-2-3-5-11-21(23)24/h6-9,12-13,18-19H,2-5,10-11,14-15H2,1H3,(H,23,24). The topological polar surface area (TPSA) is 54.4 Å². The maximum atomic E-state index is 12.2. The maximum Gasteiger partial charge on any atom is 0.303 e. The highest BCUT2D eigenvalue weighted by Crippen LogP contribution is 2.34. The van der Waals surface area contributed by atoms with Crippen molar-refractivity contribution < 1.29 is 14.7 Å². The van der Waals surface area contributed by atoms with Crippen LogP contribution in [-0.4, -0.2) is 16.9 Å². The molecule has 2 atom stereocenters. The summed E-state index contributed by atoms with van der Waals surface area (Å²) in [6.45, 7) is 2.11. The first kappa shape index (κ1) is 18.4. The normalized spacial score (nSPS) is 20.8. The molecule has 0 spiro atoms. The Bertz CT molecular complexity index is 589. The number of aryl methyl sites for hydroxylation is 1. The Hall–Kier alpha value is -1.90. The van der Waals surface area contributed by atoms with Crippen LogP contribution in [0.3, 0.4) is 0 Å². The largest absolute Gasteiger partial charge is 0.481 e. The number of unbranched alkanes of at least 4 members (excludes halogenated alkanes) is 3. The Balaban J connectivity index is 1.81. The van der Waals surface area contributed by atoms with Crippen LogP contribution in [0.4, 0.5) is 0 Å². The second kappa shape index (κ2) is 9.41. The summed E-state index contributed by atoms with van der Waals surface area (Å²) in [5.41, 5.74) is 2.48. The van der Waals surface area contributed by atoms with Crippen LogP contribution >= 0.6 is 0 Å². The van der Waals surface area contributed by atoms with Gasteiger partial charge in [-0.1, -0.05) is 55.7 Å². The average Bonchev–Trinajstić information content (AvgIpc) is 2.90. The van der Waals surface area contributed by atoms with Crippen molar-refractivity contribution in [1.82, 2.24) is 0 Å². The number of hydrogen-bond donors (Lipinski definition) is 1. The molecule has 1 aliphatic rings. The number of hydrogen-bond acceptors (Lipinski definition) is 2. The van der Waals surface area contributed by atoms with Crippen LogP contribution in [0.15, 0.2) is 30.3 Å². The average molecular weight is 328 g/mol. The van der Waals surface area contributed by atoms with Gasteiger partial charge in [-0.05, 0) is 43.2 Å². The molecule has 130 valence electrons. The van der Waals surface area contributed by atoms with Crippen LogP contribution in [-0.2, 0) is 9.59 Å². The minimum absolute atomic E-state index is 0.157. The quantitative estimate of drug-likeness (QED) is 0.647. The van der Waals surface area contributed by atoms with Gasteiger partial charge in [-0.15, -0.1) is 0 Å². The molecule has 1 aliphatic carbocycles. The summed E-state index contributed by atoms with van der Waals surface area (Å²) in [5, 5.41) is 8.63. The summed E-state index contributed by atoms with van der Waals surface area (Å²) < 4.78 is 0. The smallest absolute Gasteiger partial charge is 0.303 e. The third-order valence-corrected chi connectivity index (χ3v) is 5.02. The molecule has 1 aromatic carbocycles. The highest BCUT2D eigenvalue weighted by Gasteiger charge is 2.32. The molecule has 1 N–H and O–H groups in total. The van der Waals surface area contributed by atoms with Crippen molar-refractivity contribution in [2.45, 2.75) is 58.3 Å². The van der Waals surface area contributed by atoms with E-state index in [1.54, 1.807) is 0 Å². The molecule has 3 heteroatoms. The van der Waals surface area contributed by atoms with Crippen LogP contribution < -0.4 is 0 Å². The third-order valence-electron chi connectivity index (χ3n) is 5.02. The van der Waals surface area contributed by atoms with Crippen molar-refractivity contribution in [2.24, 2.45) is 11.8 Å². The zero-order valence-electron chi connectivity index (χ0n) is 14.5. The van der Waals surface area contributed by atoms with E-state index < -0.39 is 5.97 Å². The number of rotatable bonds is 9. The van der Waals surface area contributed by atoms with E-state index in [0.717, 1.165) is 38.5 Å². The van der Waals surface area contributed by atoms with Gasteiger partial charge in [0.1, 0.15) is 5.78 Å². The molecule has 2 rings (SSSR count). The molecule has 0 saturated heterocycles. The van der Waals surface area contributed by atoms with E-state index in [-0.39, 0.29) is 12.3 Å². The summed E-state index contributed by atoms with van der Waals surface area (Å²) in [7, 11) is 0. The Labute approximate surface area is 144 Å². The lowest BCUT2D eigenvalue weighted by molar-refractivity contribution is -0.137. The molecule has 3 nitrogen and oxygen atoms in total. The minimum atomic E-state index is -0.720. The molecule has 1 saturated carbocycles. The number of carboxylic acids is 1. The molecule has 1 fully saturated rings. The van der Waals surface area contributed by atoms with Crippen molar-refractivity contribution in [3.63, 3.8) is 0 Å². The molecule has 24 heavy (non-hydrogen) atoms. The van der Waals surface area contributed by atoms with Gasteiger partial charge in [0.05, 0.1) is 0 Å². The van der Waals surface area contributed by atoms with Crippen LogP contribution in [0.1, 0.15) is 62.5 Å². The third kappa shape index (κ3) is 5.63. The number of allylic oxidation sites excluding steroid dienone is 1. The first-order valence-electron chi connectivity index (χ1n) is 9.06. The Morgan fingerprint density at radius 2 is 1.96 bits per heavy atom. The fourth-order valence-electron chi connectivity index (χ4n) is 3.53. The summed E-state index contributed by atoms with van der Waals surface area (Å²) in [5.74, 6) is 0.197. The van der Waals surface area contributed by atoms with Crippen LogP contribution in [0, 0.1) is 18.8 Å². The highest BCUT2D eigenvalue weighted by atomic mass is 16.4. The molecule has 0 heterocycles. The zero-order valence-corrected chi connectivity index (χ0v) is 14.5. The van der Waals surface area contributed by atoms with Gasteiger partial charge in [-0.25, -0.2) is 0 Å². The molecule has 0 radical (unpaired) electrons. The second-order valence-corrected chi connectivity index (χ2v) is 6.84. The lowest BCUT2D eigenvalue weighted by Gasteiger charge is -2.15. The monoisotopic (exact) mass is 328 g/mol. The van der Waals surface area contributed by atoms with Crippen molar-refractivity contribution in [2.75, 3.05) is 0 Å². The summed E-state index contributed by atoms with van der Waals surface area (Å²) >= 11 is 0. The van der Waals surface area contributed by atoms with Gasteiger partial charge < -0.3 is 5.11 Å². The maximum absolute atomic E-state index is 12.2. The van der Waals surface area contributed by atoms with Gasteiger partial charge >= 0.3 is 5.97 Å². The Kier molecular flexibility index (Phi) is 7.23. The van der Waals surface area contributed by atoms with Crippen molar-refractivity contribution >= 4 is 17.8 Å². The lowest BCUT2D eigenvalue weighted by atomic mass is 9.89. The molecule has 0 bridgehead atoms. The first-order valence-corrected chi connectivity index (χ1v) is 9.06. The van der Waals surface area contributed by atoms with Gasteiger partial charge in [0, 0.05) is 18.8 Å². The Morgan fingerprint density at radius 3 is 2.71 bits per heavy atom. The van der Waals surface area contributed by atoms with Crippen LogP contribution in [0.2, 0.25) is 0 Å². The van der Waals surface area contributed by atoms with Gasteiger partial charge in [0.2, 0.25) is 0 Å². The fraction of sp³-hybridized carbons (Fsp3) is 0.524. The van der Waals surface area contributed by atoms with E-state index in [2.05, 4.69) is 31.2 Å². The van der Waals surface area contributed by atoms with Crippen molar-refractivity contribution in [3.05, 3.63) is 41.5 Å². The van der Waals surface area contributed by atoms with E-state index in [9.17, 15) is 9.59 Å². The fourth-order valence-corrected chi connectivity index (χ4v) is 3.53. The van der Waals surface area contributed by atoms with Gasteiger partial charge in [0.25, 0.3) is 0 Å². The zero-order chi connectivity index (χ0) is 17.4. The van der Waals surface area contributed by atoms with Gasteiger partial charge in [-0.3, -0.25) is 9.59 Å². The van der Waals surface area contributed by atoms with E-state index >= 15 is 0 Å². The van der Waals surface area contributed by atoms with E-state index in [4.69, 9.17) is 5.11 Å². The van der Waals surface area contributed by atoms with Crippen LogP contribution in [0.25, 0.3) is 6.08 Å². The number of aliphatic carboxylic acids is 1. The molecule has 0 aliphatic heterocycles. The minimum Gasteiger partial charge on any atom is -0.481 e. The number of Topliss-reactive ketones (excluding diaryl/α,β-unsaturated/α-hetero) is 1. The molecule has 2 unspecified atom stereocenters. The highest BCUT2D eigenvalue weighted by molar-refractivity contribution is 5.84. The number of carbonyl (C=O) groups is 2. The van der Waals surface area contributed by atoms with Crippen molar-refractivity contribution in [1.29, 1.82) is 0 Å². The Morgan fingerprint density at radius 1 is 1.21 bits per heavy atom. The molecule has 0 aromatic heterocycles. The molecule has 1 aromatic rings. The SMILES string of the molecule is Cc1ccccc1C=CC1CCC(=O)C1CCCCCCC(=O)O. The van der Waals surface area contributed by atoms with Gasteiger partial charge in [0.15, 0.2) is 0 Å². The lowest BCUT2D eigenvalue weighted by Crippen LogP contribution is -2.13. The predicted octanol–water partition coefficient (Wildman–Crippen LogP) is 5.03. The number of carbonyl (C=O) groups excluding carboxylic acids is 1. The van der Waals surface area contributed by atoms with E-state index in [0.29, 0.717) is 18.1 Å². The number of carboxylic acid groups (broad SMARTS) is 1. The number of ketones is 1. The molecule has 0 amide bonds. The summed E-state index contributed by atoms with van der Waals surface area (Å²) in [6.07, 6.45) is 11.0. The molecular weight excluding hydrogens is 300 g/mol. The van der Waals surface area contributed by atoms with Gasteiger partial charge in [-0.2, -0.15) is 0 Å². The van der Waals surface area contributed by atoms with Crippen molar-refractivity contribution in [3.8, 4) is 0 Å². The summed E-state index contributed by atoms with van der Waals surface area (Å²) in [4.78, 5) is 22.6. The second-order valence-electron chi connectivity index (χ2n) is 6.84. The predicted molar refractivity (Wildman–Crippen MR) is 96.8 cm³/mol. The molecular formula is C21H28O3. The first-order chi connectivity index (χ1) is 11.6. The number of benzene rings is 1. The van der Waals surface area contributed by atoms with E-state index in [1.807, 2.05) is 12.1 Å². The summed E-state index contributed by atoms with van der Waals surface area (Å²) in [6, 6.07) is 8.30. The van der Waals surface area contributed by atoms with Crippen LogP contribution in [0.5, 0.6) is 0 Å². The van der Waals surface area contributed by atoms with E-state index in [1.165, 1.54) is 11.1 Å².